The zero-order chi connectivity index (χ0) is 15.4. The third-order valence-corrected chi connectivity index (χ3v) is 3.15. The molecular formula is C14H28N2O4. The molecule has 0 spiro atoms. The van der Waals surface area contributed by atoms with Crippen molar-refractivity contribution in [1.82, 2.24) is 9.80 Å². The zero-order valence-corrected chi connectivity index (χ0v) is 12.7. The maximum Gasteiger partial charge on any atom is 0.224 e. The summed E-state index contributed by atoms with van der Waals surface area (Å²) in [6, 6.07) is 0. The third kappa shape index (κ3) is 9.89. The van der Waals surface area contributed by atoms with Gasteiger partial charge in [0.25, 0.3) is 0 Å². The number of ketones is 1. The molecule has 0 fully saturated rings. The lowest BCUT2D eigenvalue weighted by Crippen LogP contribution is -2.33. The summed E-state index contributed by atoms with van der Waals surface area (Å²) < 4.78 is 0. The fraction of sp³-hybridized carbons (Fsp3) is 0.857. The molecular weight excluding hydrogens is 260 g/mol. The van der Waals surface area contributed by atoms with Crippen LogP contribution in [0.15, 0.2) is 0 Å². The van der Waals surface area contributed by atoms with Gasteiger partial charge in [-0.2, -0.15) is 0 Å². The Bertz CT molecular complexity index is 284. The van der Waals surface area contributed by atoms with Crippen molar-refractivity contribution in [1.29, 1.82) is 0 Å². The molecule has 20 heavy (non-hydrogen) atoms. The van der Waals surface area contributed by atoms with Crippen LogP contribution in [0.3, 0.4) is 0 Å². The van der Waals surface area contributed by atoms with Gasteiger partial charge in [0.15, 0.2) is 0 Å². The van der Waals surface area contributed by atoms with E-state index < -0.39 is 0 Å². The average Bonchev–Trinajstić information content (AvgIpc) is 2.42. The van der Waals surface area contributed by atoms with E-state index in [0.29, 0.717) is 25.8 Å². The predicted octanol–water partition coefficient (Wildman–Crippen LogP) is 0.576. The molecule has 0 aromatic heterocycles. The van der Waals surface area contributed by atoms with E-state index >= 15 is 0 Å². The minimum Gasteiger partial charge on any atom is -0.381 e. The molecule has 6 heteroatoms. The van der Waals surface area contributed by atoms with Crippen LogP contribution in [-0.4, -0.2) is 65.3 Å². The van der Waals surface area contributed by atoms with Crippen LogP contribution >= 0.6 is 0 Å². The highest BCUT2D eigenvalue weighted by molar-refractivity contribution is 5.76. The molecule has 0 heterocycles. The van der Waals surface area contributed by atoms with Crippen LogP contribution in [-0.2, 0) is 9.59 Å². The summed E-state index contributed by atoms with van der Waals surface area (Å²) in [7, 11) is 1.82. The van der Waals surface area contributed by atoms with Gasteiger partial charge in [0.05, 0.1) is 6.73 Å². The van der Waals surface area contributed by atoms with Crippen molar-refractivity contribution in [2.45, 2.75) is 45.4 Å². The number of hydrogen-bond donors (Lipinski definition) is 2. The molecule has 0 bridgehead atoms. The molecule has 0 saturated carbocycles. The van der Waals surface area contributed by atoms with Crippen molar-refractivity contribution >= 4 is 11.7 Å². The summed E-state index contributed by atoms with van der Waals surface area (Å²) in [4.78, 5) is 25.8. The number of carbonyl (C=O) groups is 2. The minimum atomic E-state index is -0.263. The maximum atomic E-state index is 11.8. The molecule has 0 aliphatic heterocycles. The molecule has 0 aliphatic rings. The summed E-state index contributed by atoms with van der Waals surface area (Å²) >= 11 is 0. The average molecular weight is 288 g/mol. The second kappa shape index (κ2) is 11.8. The molecule has 2 N–H and O–H groups in total. The first-order valence-electron chi connectivity index (χ1n) is 7.18. The van der Waals surface area contributed by atoms with Gasteiger partial charge in [-0.3, -0.25) is 9.69 Å². The monoisotopic (exact) mass is 288 g/mol. The van der Waals surface area contributed by atoms with Crippen LogP contribution in [0.2, 0.25) is 0 Å². The Kier molecular flexibility index (Phi) is 11.2. The third-order valence-electron chi connectivity index (χ3n) is 3.15. The molecule has 118 valence electrons. The predicted molar refractivity (Wildman–Crippen MR) is 76.9 cm³/mol. The van der Waals surface area contributed by atoms with E-state index in [1.807, 2.05) is 7.05 Å². The van der Waals surface area contributed by atoms with E-state index in [1.54, 1.807) is 11.8 Å². The highest BCUT2D eigenvalue weighted by Gasteiger charge is 2.11. The number of nitrogens with zero attached hydrogens (tertiary/aromatic N) is 2. The Balaban J connectivity index is 3.77. The second-order valence-electron chi connectivity index (χ2n) is 5.14. The van der Waals surface area contributed by atoms with Crippen LogP contribution < -0.4 is 0 Å². The Morgan fingerprint density at radius 3 is 2.05 bits per heavy atom. The first kappa shape index (κ1) is 19.0. The number of Topliss-reactive ketones (excluding diaryl/α,β-unsaturated/α-hetero) is 1. The number of unbranched alkanes of at least 4 members (excludes halogenated alkanes) is 2. The second-order valence-corrected chi connectivity index (χ2v) is 5.14. The van der Waals surface area contributed by atoms with Crippen LogP contribution in [0, 0.1) is 0 Å². The van der Waals surface area contributed by atoms with Crippen molar-refractivity contribution < 1.29 is 19.8 Å². The molecule has 6 nitrogen and oxygen atoms in total. The number of amides is 1. The normalized spacial score (nSPS) is 10.8. The summed E-state index contributed by atoms with van der Waals surface area (Å²) in [5, 5.41) is 18.0. The number of carbonyl (C=O) groups excluding carboxylic acids is 2. The van der Waals surface area contributed by atoms with Crippen molar-refractivity contribution in [3.63, 3.8) is 0 Å². The lowest BCUT2D eigenvalue weighted by molar-refractivity contribution is -0.135. The largest absolute Gasteiger partial charge is 0.381 e. The molecule has 0 saturated heterocycles. The van der Waals surface area contributed by atoms with E-state index in [0.717, 1.165) is 25.8 Å². The number of aliphatic hydroxyl groups excluding tert-OH is 2. The fourth-order valence-corrected chi connectivity index (χ4v) is 1.84. The Morgan fingerprint density at radius 1 is 0.900 bits per heavy atom. The fourth-order valence-electron chi connectivity index (χ4n) is 1.84. The molecule has 0 radical (unpaired) electrons. The Labute approximate surface area is 121 Å². The van der Waals surface area contributed by atoms with Gasteiger partial charge in [-0.25, -0.2) is 0 Å². The maximum absolute atomic E-state index is 11.8. The van der Waals surface area contributed by atoms with Gasteiger partial charge in [0.1, 0.15) is 12.5 Å². The lowest BCUT2D eigenvalue weighted by atomic mass is 10.1. The van der Waals surface area contributed by atoms with E-state index in [-0.39, 0.29) is 25.2 Å². The van der Waals surface area contributed by atoms with Gasteiger partial charge in [-0.15, -0.1) is 0 Å². The first-order valence-corrected chi connectivity index (χ1v) is 7.18. The van der Waals surface area contributed by atoms with Gasteiger partial charge in [0, 0.05) is 25.9 Å². The molecule has 0 unspecified atom stereocenters. The van der Waals surface area contributed by atoms with Crippen molar-refractivity contribution in [2.75, 3.05) is 33.6 Å². The minimum absolute atomic E-state index is 0.0266. The molecule has 1 amide bonds. The van der Waals surface area contributed by atoms with E-state index in [2.05, 4.69) is 0 Å². The van der Waals surface area contributed by atoms with Crippen LogP contribution in [0.25, 0.3) is 0 Å². The zero-order valence-electron chi connectivity index (χ0n) is 12.7. The smallest absolute Gasteiger partial charge is 0.224 e. The SMILES string of the molecule is CC(=O)CCCCC(=O)N(CO)CCCCN(C)CO. The molecule has 0 aromatic rings. The standard InChI is InChI=1S/C14H28N2O4/c1-13(19)7-3-4-8-14(20)16(12-18)10-6-5-9-15(2)11-17/h17-18H,3-12H2,1-2H3. The van der Waals surface area contributed by atoms with Crippen molar-refractivity contribution in [2.24, 2.45) is 0 Å². The highest BCUT2D eigenvalue weighted by atomic mass is 16.3. The van der Waals surface area contributed by atoms with Gasteiger partial charge >= 0.3 is 0 Å². The summed E-state index contributed by atoms with van der Waals surface area (Å²) in [5.74, 6) is 0.0797. The first-order chi connectivity index (χ1) is 9.51. The van der Waals surface area contributed by atoms with Gasteiger partial charge in [0.2, 0.25) is 5.91 Å². The lowest BCUT2D eigenvalue weighted by Gasteiger charge is -2.20. The van der Waals surface area contributed by atoms with Crippen LogP contribution in [0.5, 0.6) is 0 Å². The highest BCUT2D eigenvalue weighted by Crippen LogP contribution is 2.05. The summed E-state index contributed by atoms with van der Waals surface area (Å²) in [5.41, 5.74) is 0. The summed E-state index contributed by atoms with van der Waals surface area (Å²) in [6.45, 7) is 2.61. The Hall–Kier alpha value is -0.980. The summed E-state index contributed by atoms with van der Waals surface area (Å²) in [6.07, 6.45) is 3.96. The van der Waals surface area contributed by atoms with Crippen LogP contribution in [0.1, 0.15) is 45.4 Å². The van der Waals surface area contributed by atoms with Gasteiger partial charge in [-0.05, 0) is 39.7 Å². The molecule has 0 aliphatic carbocycles. The topological polar surface area (TPSA) is 81.1 Å². The van der Waals surface area contributed by atoms with Crippen LogP contribution in [0.4, 0.5) is 0 Å². The number of rotatable bonds is 12. The number of hydrogen-bond acceptors (Lipinski definition) is 5. The number of aliphatic hydroxyl groups is 2. The Morgan fingerprint density at radius 2 is 1.50 bits per heavy atom. The quantitative estimate of drug-likeness (QED) is 0.405. The molecule has 0 atom stereocenters. The van der Waals surface area contributed by atoms with E-state index in [9.17, 15) is 14.7 Å². The van der Waals surface area contributed by atoms with Crippen molar-refractivity contribution in [3.8, 4) is 0 Å². The van der Waals surface area contributed by atoms with E-state index in [4.69, 9.17) is 5.11 Å². The van der Waals surface area contributed by atoms with Gasteiger partial charge < -0.3 is 19.9 Å². The van der Waals surface area contributed by atoms with Crippen molar-refractivity contribution in [3.05, 3.63) is 0 Å². The van der Waals surface area contributed by atoms with Gasteiger partial charge in [-0.1, -0.05) is 0 Å². The van der Waals surface area contributed by atoms with E-state index in [1.165, 1.54) is 4.90 Å². The molecule has 0 aromatic carbocycles. The molecule has 0 rings (SSSR count).